The van der Waals surface area contributed by atoms with Gasteiger partial charge in [-0.2, -0.15) is 5.10 Å². The van der Waals surface area contributed by atoms with E-state index < -0.39 is 0 Å². The van der Waals surface area contributed by atoms with Gasteiger partial charge in [-0.15, -0.1) is 13.2 Å². The predicted molar refractivity (Wildman–Crippen MR) is 99.2 cm³/mol. The van der Waals surface area contributed by atoms with Crippen LogP contribution in [0.15, 0.2) is 55.6 Å². The van der Waals surface area contributed by atoms with Gasteiger partial charge in [-0.05, 0) is 5.56 Å². The van der Waals surface area contributed by atoms with E-state index in [0.29, 0.717) is 18.8 Å². The molecule has 0 aliphatic carbocycles. The van der Waals surface area contributed by atoms with Crippen molar-refractivity contribution in [2.75, 3.05) is 13.1 Å². The van der Waals surface area contributed by atoms with Crippen LogP contribution in [0.4, 0.5) is 0 Å². The van der Waals surface area contributed by atoms with Crippen LogP contribution in [0.1, 0.15) is 27.3 Å². The molecule has 0 spiro atoms. The molecule has 1 aromatic carbocycles. The van der Waals surface area contributed by atoms with E-state index in [-0.39, 0.29) is 5.91 Å². The van der Waals surface area contributed by atoms with E-state index in [1.54, 1.807) is 0 Å². The van der Waals surface area contributed by atoms with Gasteiger partial charge in [0.05, 0.1) is 6.54 Å². The van der Waals surface area contributed by atoms with Crippen molar-refractivity contribution in [3.8, 4) is 0 Å². The monoisotopic (exact) mass is 336 g/mol. The van der Waals surface area contributed by atoms with Crippen molar-refractivity contribution in [3.05, 3.63) is 78.2 Å². The number of rotatable bonds is 7. The molecule has 5 nitrogen and oxygen atoms in total. The van der Waals surface area contributed by atoms with Gasteiger partial charge in [0.15, 0.2) is 5.69 Å². The molecule has 0 saturated carbocycles. The van der Waals surface area contributed by atoms with Crippen molar-refractivity contribution in [1.82, 2.24) is 20.0 Å². The molecular formula is C20H24N4O. The summed E-state index contributed by atoms with van der Waals surface area (Å²) in [6, 6.07) is 9.90. The highest BCUT2D eigenvalue weighted by molar-refractivity contribution is 5.94. The van der Waals surface area contributed by atoms with Crippen molar-refractivity contribution in [2.45, 2.75) is 26.1 Å². The Balaban J connectivity index is 1.81. The number of hydrogen-bond acceptors (Lipinski definition) is 3. The van der Waals surface area contributed by atoms with E-state index in [0.717, 1.165) is 42.9 Å². The zero-order chi connectivity index (χ0) is 17.6. The number of fused-ring (bicyclic) bond motifs is 1. The van der Waals surface area contributed by atoms with E-state index in [4.69, 9.17) is 0 Å². The Labute approximate surface area is 148 Å². The lowest BCUT2D eigenvalue weighted by Gasteiger charge is -2.26. The van der Waals surface area contributed by atoms with E-state index in [1.807, 2.05) is 47.2 Å². The number of amides is 1. The number of hydrogen-bond donors (Lipinski definition) is 1. The Hall–Kier alpha value is -2.66. The number of aromatic nitrogens is 2. The molecule has 1 aromatic heterocycles. The molecule has 1 N–H and O–H groups in total. The normalized spacial score (nSPS) is 13.9. The lowest BCUT2D eigenvalue weighted by molar-refractivity contribution is 0.0943. The first-order valence-corrected chi connectivity index (χ1v) is 8.57. The standard InChI is InChI=1S/C20H24N4O/c1-3-11-23-13-10-18-17(15-23)19(22-24(18)12-4-2)20(25)21-14-16-8-6-5-7-9-16/h3-9H,1-2,10-15H2,(H,21,25). The van der Waals surface area contributed by atoms with Crippen LogP contribution < -0.4 is 5.32 Å². The molecule has 0 radical (unpaired) electrons. The second-order valence-corrected chi connectivity index (χ2v) is 6.19. The van der Waals surface area contributed by atoms with Crippen molar-refractivity contribution >= 4 is 5.91 Å². The Bertz CT molecular complexity index is 764. The third-order valence-corrected chi connectivity index (χ3v) is 4.41. The maximum absolute atomic E-state index is 12.7. The summed E-state index contributed by atoms with van der Waals surface area (Å²) in [4.78, 5) is 15.0. The number of benzene rings is 1. The molecule has 2 aromatic rings. The molecule has 1 aliphatic heterocycles. The van der Waals surface area contributed by atoms with Crippen LogP contribution in [0, 0.1) is 0 Å². The SMILES string of the molecule is C=CCN1CCc2c(c(C(=O)NCc3ccccc3)nn2CC=C)C1. The summed E-state index contributed by atoms with van der Waals surface area (Å²) in [6.07, 6.45) is 4.60. The van der Waals surface area contributed by atoms with Gasteiger partial charge in [0.25, 0.3) is 5.91 Å². The fraction of sp³-hybridized carbons (Fsp3) is 0.300. The third kappa shape index (κ3) is 3.88. The van der Waals surface area contributed by atoms with Gasteiger partial charge < -0.3 is 5.32 Å². The number of carbonyl (C=O) groups is 1. The van der Waals surface area contributed by atoms with Gasteiger partial charge in [-0.3, -0.25) is 14.4 Å². The van der Waals surface area contributed by atoms with Crippen LogP contribution in [0.3, 0.4) is 0 Å². The van der Waals surface area contributed by atoms with Crippen LogP contribution in [-0.4, -0.2) is 33.7 Å². The number of nitrogens with one attached hydrogen (secondary N) is 1. The lowest BCUT2D eigenvalue weighted by Crippen LogP contribution is -2.32. The first-order valence-electron chi connectivity index (χ1n) is 8.57. The van der Waals surface area contributed by atoms with Crippen LogP contribution in [0.25, 0.3) is 0 Å². The summed E-state index contributed by atoms with van der Waals surface area (Å²) < 4.78 is 1.91. The minimum atomic E-state index is -0.122. The van der Waals surface area contributed by atoms with Gasteiger partial charge in [0.1, 0.15) is 0 Å². The van der Waals surface area contributed by atoms with Crippen molar-refractivity contribution in [3.63, 3.8) is 0 Å². The molecule has 1 aliphatic rings. The molecule has 5 heteroatoms. The van der Waals surface area contributed by atoms with Gasteiger partial charge in [-0.25, -0.2) is 0 Å². The summed E-state index contributed by atoms with van der Waals surface area (Å²) in [5, 5.41) is 7.56. The largest absolute Gasteiger partial charge is 0.347 e. The first kappa shape index (κ1) is 17.2. The summed E-state index contributed by atoms with van der Waals surface area (Å²) in [7, 11) is 0. The molecular weight excluding hydrogens is 312 g/mol. The molecule has 3 rings (SSSR count). The average molecular weight is 336 g/mol. The van der Waals surface area contributed by atoms with Gasteiger partial charge >= 0.3 is 0 Å². The summed E-state index contributed by atoms with van der Waals surface area (Å²) in [5.74, 6) is -0.122. The number of carbonyl (C=O) groups excluding carboxylic acids is 1. The number of nitrogens with zero attached hydrogens (tertiary/aromatic N) is 3. The third-order valence-electron chi connectivity index (χ3n) is 4.41. The van der Waals surface area contributed by atoms with Gasteiger partial charge in [-0.1, -0.05) is 42.5 Å². The minimum Gasteiger partial charge on any atom is -0.347 e. The zero-order valence-electron chi connectivity index (χ0n) is 14.4. The second-order valence-electron chi connectivity index (χ2n) is 6.19. The minimum absolute atomic E-state index is 0.122. The first-order chi connectivity index (χ1) is 12.2. The zero-order valence-corrected chi connectivity index (χ0v) is 14.4. The Morgan fingerprint density at radius 2 is 1.96 bits per heavy atom. The molecule has 0 fully saturated rings. The smallest absolute Gasteiger partial charge is 0.272 e. The van der Waals surface area contributed by atoms with E-state index in [2.05, 4.69) is 28.5 Å². The van der Waals surface area contributed by atoms with Crippen LogP contribution in [0.5, 0.6) is 0 Å². The Morgan fingerprint density at radius 3 is 2.68 bits per heavy atom. The van der Waals surface area contributed by atoms with E-state index in [9.17, 15) is 4.79 Å². The van der Waals surface area contributed by atoms with Crippen LogP contribution in [-0.2, 0) is 26.1 Å². The number of allylic oxidation sites excluding steroid dienone is 1. The van der Waals surface area contributed by atoms with Crippen LogP contribution >= 0.6 is 0 Å². The van der Waals surface area contributed by atoms with Crippen molar-refractivity contribution in [1.29, 1.82) is 0 Å². The summed E-state index contributed by atoms with van der Waals surface area (Å²) >= 11 is 0. The van der Waals surface area contributed by atoms with Gasteiger partial charge in [0, 0.05) is 43.9 Å². The molecule has 0 atom stereocenters. The fourth-order valence-electron chi connectivity index (χ4n) is 3.20. The quantitative estimate of drug-likeness (QED) is 0.791. The van der Waals surface area contributed by atoms with E-state index >= 15 is 0 Å². The van der Waals surface area contributed by atoms with E-state index in [1.165, 1.54) is 0 Å². The highest BCUT2D eigenvalue weighted by Crippen LogP contribution is 2.23. The summed E-state index contributed by atoms with van der Waals surface area (Å²) in [6.45, 7) is 11.2. The predicted octanol–water partition coefficient (Wildman–Crippen LogP) is 2.54. The maximum atomic E-state index is 12.7. The molecule has 2 heterocycles. The molecule has 1 amide bonds. The van der Waals surface area contributed by atoms with Gasteiger partial charge in [0.2, 0.25) is 0 Å². The fourth-order valence-corrected chi connectivity index (χ4v) is 3.20. The molecule has 0 bridgehead atoms. The molecule has 25 heavy (non-hydrogen) atoms. The molecule has 130 valence electrons. The van der Waals surface area contributed by atoms with Crippen molar-refractivity contribution < 1.29 is 4.79 Å². The Kier molecular flexibility index (Phi) is 5.46. The highest BCUT2D eigenvalue weighted by atomic mass is 16.1. The molecule has 0 unspecified atom stereocenters. The topological polar surface area (TPSA) is 50.2 Å². The average Bonchev–Trinajstić information content (AvgIpc) is 2.99. The highest BCUT2D eigenvalue weighted by Gasteiger charge is 2.27. The maximum Gasteiger partial charge on any atom is 0.272 e. The van der Waals surface area contributed by atoms with Crippen molar-refractivity contribution in [2.24, 2.45) is 0 Å². The second kappa shape index (κ2) is 7.94. The van der Waals surface area contributed by atoms with Crippen LogP contribution in [0.2, 0.25) is 0 Å². The lowest BCUT2D eigenvalue weighted by atomic mass is 10.0. The Morgan fingerprint density at radius 1 is 1.20 bits per heavy atom. The molecule has 0 saturated heterocycles. The summed E-state index contributed by atoms with van der Waals surface area (Å²) in [5.41, 5.74) is 3.77.